The Kier molecular flexibility index (Phi) is 2.30. The third-order valence-electron chi connectivity index (χ3n) is 1.50. The Morgan fingerprint density at radius 2 is 1.50 bits per heavy atom. The van der Waals surface area contributed by atoms with Crippen LogP contribution in [0, 0.1) is 0 Å². The first-order chi connectivity index (χ1) is 5.54. The molecule has 1 aromatic heterocycles. The van der Waals surface area contributed by atoms with Gasteiger partial charge in [-0.3, -0.25) is 0 Å². The fourth-order valence-electron chi connectivity index (χ4n) is 0.886. The number of nitrogens with zero attached hydrogens (tertiary/aromatic N) is 3. The van der Waals surface area contributed by atoms with Gasteiger partial charge in [0.05, 0.1) is 0 Å². The number of nitrogen functional groups attached to an aromatic ring is 1. The van der Waals surface area contributed by atoms with Crippen molar-refractivity contribution in [1.29, 1.82) is 0 Å². The van der Waals surface area contributed by atoms with Gasteiger partial charge in [0, 0.05) is 0 Å². The molecule has 1 heterocycles. The van der Waals surface area contributed by atoms with Crippen LogP contribution >= 0.6 is 0 Å². The number of hydrogen-bond donors (Lipinski definition) is 3. The highest BCUT2D eigenvalue weighted by Crippen LogP contribution is 2.12. The lowest BCUT2D eigenvalue weighted by Crippen LogP contribution is -2.19. The van der Waals surface area contributed by atoms with Crippen LogP contribution in [0.3, 0.4) is 0 Å². The summed E-state index contributed by atoms with van der Waals surface area (Å²) in [5.41, 5.74) is 0. The summed E-state index contributed by atoms with van der Waals surface area (Å²) < 4.78 is 1.09. The lowest BCUT2D eigenvalue weighted by atomic mass is 10.3. The van der Waals surface area contributed by atoms with E-state index < -0.39 is 12.2 Å². The summed E-state index contributed by atoms with van der Waals surface area (Å²) in [5, 5.41) is 25.5. The van der Waals surface area contributed by atoms with E-state index in [1.165, 1.54) is 13.8 Å². The second kappa shape index (κ2) is 3.08. The van der Waals surface area contributed by atoms with Crippen LogP contribution in [-0.2, 0) is 0 Å². The molecule has 6 heteroatoms. The Hall–Kier alpha value is -1.14. The van der Waals surface area contributed by atoms with Gasteiger partial charge in [0.1, 0.15) is 12.2 Å². The van der Waals surface area contributed by atoms with Gasteiger partial charge in [0.25, 0.3) is 0 Å². The molecule has 0 aliphatic rings. The van der Waals surface area contributed by atoms with Crippen molar-refractivity contribution >= 4 is 0 Å². The Bertz CT molecular complexity index is 243. The Morgan fingerprint density at radius 1 is 1.17 bits per heavy atom. The van der Waals surface area contributed by atoms with Crippen LogP contribution in [0.2, 0.25) is 0 Å². The highest BCUT2D eigenvalue weighted by molar-refractivity contribution is 4.99. The van der Waals surface area contributed by atoms with Crippen molar-refractivity contribution in [2.75, 3.05) is 5.84 Å². The molecule has 0 radical (unpaired) electrons. The van der Waals surface area contributed by atoms with E-state index in [0.717, 1.165) is 4.68 Å². The van der Waals surface area contributed by atoms with E-state index >= 15 is 0 Å². The van der Waals surface area contributed by atoms with Gasteiger partial charge in [0.2, 0.25) is 0 Å². The zero-order valence-corrected chi connectivity index (χ0v) is 6.97. The third-order valence-corrected chi connectivity index (χ3v) is 1.50. The second-order valence-electron chi connectivity index (χ2n) is 2.64. The second-order valence-corrected chi connectivity index (χ2v) is 2.64. The Morgan fingerprint density at radius 3 is 1.67 bits per heavy atom. The fraction of sp³-hybridized carbons (Fsp3) is 0.667. The predicted octanol–water partition coefficient (Wildman–Crippen LogP) is -0.902. The van der Waals surface area contributed by atoms with Crippen molar-refractivity contribution in [2.24, 2.45) is 0 Å². The van der Waals surface area contributed by atoms with E-state index in [4.69, 9.17) is 16.1 Å². The molecule has 2 atom stereocenters. The molecule has 1 aromatic rings. The highest BCUT2D eigenvalue weighted by atomic mass is 16.3. The Labute approximate surface area is 69.6 Å². The van der Waals surface area contributed by atoms with Gasteiger partial charge in [-0.2, -0.15) is 0 Å². The van der Waals surface area contributed by atoms with Crippen LogP contribution in [0.25, 0.3) is 0 Å². The summed E-state index contributed by atoms with van der Waals surface area (Å²) >= 11 is 0. The molecule has 0 aromatic carbocycles. The minimum atomic E-state index is -0.782. The molecule has 68 valence electrons. The number of nitrogens with two attached hydrogens (primary N) is 1. The maximum Gasteiger partial charge on any atom is 0.180 e. The van der Waals surface area contributed by atoms with Crippen LogP contribution in [0.15, 0.2) is 0 Å². The van der Waals surface area contributed by atoms with Crippen molar-refractivity contribution in [1.82, 2.24) is 14.9 Å². The molecule has 1 rings (SSSR count). The molecule has 0 bridgehead atoms. The quantitative estimate of drug-likeness (QED) is 0.502. The number of aromatic nitrogens is 3. The molecule has 0 saturated heterocycles. The minimum absolute atomic E-state index is 0.242. The third kappa shape index (κ3) is 1.39. The van der Waals surface area contributed by atoms with Gasteiger partial charge in [-0.05, 0) is 13.8 Å². The smallest absolute Gasteiger partial charge is 0.180 e. The fourth-order valence-corrected chi connectivity index (χ4v) is 0.886. The summed E-state index contributed by atoms with van der Waals surface area (Å²) in [6.45, 7) is 3.05. The zero-order chi connectivity index (χ0) is 9.30. The van der Waals surface area contributed by atoms with Gasteiger partial charge in [-0.25, -0.2) is 4.68 Å². The Balaban J connectivity index is 3.04. The SMILES string of the molecule is CC(O)c1nnc(C(C)O)n1N. The number of rotatable bonds is 2. The monoisotopic (exact) mass is 172 g/mol. The number of hydrogen-bond acceptors (Lipinski definition) is 5. The normalized spacial score (nSPS) is 16.0. The van der Waals surface area contributed by atoms with Crippen LogP contribution < -0.4 is 5.84 Å². The maximum absolute atomic E-state index is 9.11. The summed E-state index contributed by atoms with van der Waals surface area (Å²) in [6, 6.07) is 0. The summed E-state index contributed by atoms with van der Waals surface area (Å²) in [7, 11) is 0. The molecule has 0 aliphatic heterocycles. The van der Waals surface area contributed by atoms with E-state index in [-0.39, 0.29) is 11.6 Å². The van der Waals surface area contributed by atoms with Gasteiger partial charge in [-0.15, -0.1) is 10.2 Å². The van der Waals surface area contributed by atoms with Crippen molar-refractivity contribution in [3.63, 3.8) is 0 Å². The zero-order valence-electron chi connectivity index (χ0n) is 6.97. The largest absolute Gasteiger partial charge is 0.385 e. The van der Waals surface area contributed by atoms with Gasteiger partial charge in [0.15, 0.2) is 11.6 Å². The number of aliphatic hydroxyl groups is 2. The molecule has 0 aliphatic carbocycles. The minimum Gasteiger partial charge on any atom is -0.385 e. The first-order valence-electron chi connectivity index (χ1n) is 3.60. The van der Waals surface area contributed by atoms with Crippen LogP contribution in [0.5, 0.6) is 0 Å². The summed E-state index contributed by atoms with van der Waals surface area (Å²) in [4.78, 5) is 0. The highest BCUT2D eigenvalue weighted by Gasteiger charge is 2.16. The van der Waals surface area contributed by atoms with Gasteiger partial charge in [-0.1, -0.05) is 0 Å². The predicted molar refractivity (Wildman–Crippen MR) is 41.4 cm³/mol. The maximum atomic E-state index is 9.11. The molecule has 12 heavy (non-hydrogen) atoms. The lowest BCUT2D eigenvalue weighted by Gasteiger charge is -2.06. The van der Waals surface area contributed by atoms with E-state index in [2.05, 4.69) is 10.2 Å². The van der Waals surface area contributed by atoms with Crippen LogP contribution in [0.1, 0.15) is 37.7 Å². The van der Waals surface area contributed by atoms with Crippen molar-refractivity contribution in [3.05, 3.63) is 11.6 Å². The molecule has 0 amide bonds. The van der Waals surface area contributed by atoms with Crippen LogP contribution in [0.4, 0.5) is 0 Å². The molecule has 0 spiro atoms. The van der Waals surface area contributed by atoms with E-state index in [1.807, 2.05) is 0 Å². The van der Waals surface area contributed by atoms with E-state index in [1.54, 1.807) is 0 Å². The first kappa shape index (κ1) is 8.95. The molecule has 4 N–H and O–H groups in total. The summed E-state index contributed by atoms with van der Waals surface area (Å²) in [6.07, 6.45) is -1.56. The molecular formula is C6H12N4O2. The number of aliphatic hydroxyl groups excluding tert-OH is 2. The molecule has 6 nitrogen and oxygen atoms in total. The van der Waals surface area contributed by atoms with Crippen molar-refractivity contribution in [3.8, 4) is 0 Å². The van der Waals surface area contributed by atoms with Gasteiger partial charge < -0.3 is 16.1 Å². The average Bonchev–Trinajstić information content (AvgIpc) is 2.30. The van der Waals surface area contributed by atoms with Crippen LogP contribution in [-0.4, -0.2) is 25.1 Å². The first-order valence-corrected chi connectivity index (χ1v) is 3.60. The topological polar surface area (TPSA) is 97.2 Å². The van der Waals surface area contributed by atoms with Crippen molar-refractivity contribution < 1.29 is 10.2 Å². The lowest BCUT2D eigenvalue weighted by molar-refractivity contribution is 0.176. The summed E-state index contributed by atoms with van der Waals surface area (Å²) in [5.74, 6) is 5.96. The standard InChI is InChI=1S/C6H12N4O2/c1-3(11)5-8-9-6(4(2)12)10(5)7/h3-4,11-12H,7H2,1-2H3. The van der Waals surface area contributed by atoms with Crippen molar-refractivity contribution in [2.45, 2.75) is 26.1 Å². The molecular weight excluding hydrogens is 160 g/mol. The molecule has 0 saturated carbocycles. The molecule has 2 unspecified atom stereocenters. The average molecular weight is 172 g/mol. The van der Waals surface area contributed by atoms with Gasteiger partial charge >= 0.3 is 0 Å². The molecule has 0 fully saturated rings. The van der Waals surface area contributed by atoms with E-state index in [0.29, 0.717) is 0 Å². The van der Waals surface area contributed by atoms with E-state index in [9.17, 15) is 0 Å².